The molecule has 6 heteroatoms. The van der Waals surface area contributed by atoms with Gasteiger partial charge in [0.2, 0.25) is 15.9 Å². The van der Waals surface area contributed by atoms with Gasteiger partial charge in [0, 0.05) is 33.1 Å². The van der Waals surface area contributed by atoms with E-state index in [1.807, 2.05) is 30.3 Å². The summed E-state index contributed by atoms with van der Waals surface area (Å²) in [5.74, 6) is 0.177. The number of benzene rings is 1. The number of carbonyl (C=O) groups is 1. The van der Waals surface area contributed by atoms with Crippen LogP contribution < -0.4 is 0 Å². The molecule has 2 saturated heterocycles. The van der Waals surface area contributed by atoms with Gasteiger partial charge in [-0.1, -0.05) is 30.3 Å². The standard InChI is InChI=1S/C16H22N2O3S/c1-13(19)17-9-7-15-12-18(11-14-5-3-2-4-6-14)22(20,21)16(15)8-10-17/h2-6,15-16H,7-12H2,1H3/t15-,16-/m1/s1. The van der Waals surface area contributed by atoms with Crippen molar-refractivity contribution >= 4 is 15.9 Å². The van der Waals surface area contributed by atoms with Crippen LogP contribution in [0.5, 0.6) is 0 Å². The molecule has 2 heterocycles. The first-order chi connectivity index (χ1) is 10.5. The first kappa shape index (κ1) is 15.5. The summed E-state index contributed by atoms with van der Waals surface area (Å²) in [7, 11) is -3.26. The molecular formula is C16H22N2O3S. The van der Waals surface area contributed by atoms with Gasteiger partial charge in [0.25, 0.3) is 0 Å². The largest absolute Gasteiger partial charge is 0.343 e. The predicted octanol–water partition coefficient (Wildman–Crippen LogP) is 1.46. The van der Waals surface area contributed by atoms with Crippen molar-refractivity contribution in [1.29, 1.82) is 0 Å². The number of likely N-dealkylation sites (tertiary alicyclic amines) is 1. The highest BCUT2D eigenvalue weighted by atomic mass is 32.2. The number of fused-ring (bicyclic) bond motifs is 1. The molecule has 120 valence electrons. The zero-order chi connectivity index (χ0) is 15.7. The van der Waals surface area contributed by atoms with E-state index in [2.05, 4.69) is 0 Å². The molecular weight excluding hydrogens is 300 g/mol. The lowest BCUT2D eigenvalue weighted by molar-refractivity contribution is -0.128. The van der Waals surface area contributed by atoms with Crippen molar-refractivity contribution in [1.82, 2.24) is 9.21 Å². The second-order valence-electron chi connectivity index (χ2n) is 6.21. The summed E-state index contributed by atoms with van der Waals surface area (Å²) < 4.78 is 27.2. The molecule has 0 aromatic heterocycles. The molecule has 0 N–H and O–H groups in total. The van der Waals surface area contributed by atoms with Crippen LogP contribution in [0.1, 0.15) is 25.3 Å². The third-order valence-corrected chi connectivity index (χ3v) is 7.19. The average molecular weight is 322 g/mol. The minimum absolute atomic E-state index is 0.0403. The number of sulfonamides is 1. The minimum Gasteiger partial charge on any atom is -0.343 e. The Morgan fingerprint density at radius 2 is 1.86 bits per heavy atom. The van der Waals surface area contributed by atoms with Gasteiger partial charge in [-0.3, -0.25) is 4.79 Å². The number of nitrogens with zero attached hydrogens (tertiary/aromatic N) is 2. The normalized spacial score (nSPS) is 28.1. The summed E-state index contributed by atoms with van der Waals surface area (Å²) in [6.07, 6.45) is 1.33. The summed E-state index contributed by atoms with van der Waals surface area (Å²) in [5, 5.41) is -0.333. The number of amides is 1. The Labute approximate surface area is 132 Å². The maximum Gasteiger partial charge on any atom is 0.219 e. The Balaban J connectivity index is 1.75. The van der Waals surface area contributed by atoms with Gasteiger partial charge < -0.3 is 4.90 Å². The highest BCUT2D eigenvalue weighted by Crippen LogP contribution is 2.35. The van der Waals surface area contributed by atoms with E-state index >= 15 is 0 Å². The molecule has 2 aliphatic heterocycles. The molecule has 0 unspecified atom stereocenters. The van der Waals surface area contributed by atoms with Crippen LogP contribution in [-0.2, 0) is 21.4 Å². The smallest absolute Gasteiger partial charge is 0.219 e. The van der Waals surface area contributed by atoms with E-state index in [1.165, 1.54) is 0 Å². The third kappa shape index (κ3) is 2.90. The van der Waals surface area contributed by atoms with E-state index in [1.54, 1.807) is 16.1 Å². The van der Waals surface area contributed by atoms with Gasteiger partial charge in [-0.25, -0.2) is 8.42 Å². The molecule has 5 nitrogen and oxygen atoms in total. The first-order valence-electron chi connectivity index (χ1n) is 7.77. The topological polar surface area (TPSA) is 57.7 Å². The molecule has 3 rings (SSSR count). The molecule has 0 spiro atoms. The molecule has 2 atom stereocenters. The molecule has 0 bridgehead atoms. The highest BCUT2D eigenvalue weighted by Gasteiger charge is 2.46. The monoisotopic (exact) mass is 322 g/mol. The summed E-state index contributed by atoms with van der Waals surface area (Å²) in [6.45, 7) is 3.80. The van der Waals surface area contributed by atoms with Crippen LogP contribution in [0.3, 0.4) is 0 Å². The van der Waals surface area contributed by atoms with Gasteiger partial charge in [0.15, 0.2) is 0 Å². The van der Waals surface area contributed by atoms with Crippen LogP contribution in [0.4, 0.5) is 0 Å². The SMILES string of the molecule is CC(=O)N1CC[C@@H]2CN(Cc3ccccc3)S(=O)(=O)[C@@H]2CC1. The van der Waals surface area contributed by atoms with Crippen molar-refractivity contribution in [3.8, 4) is 0 Å². The maximum absolute atomic E-state index is 12.8. The lowest BCUT2D eigenvalue weighted by Crippen LogP contribution is -2.33. The van der Waals surface area contributed by atoms with E-state index in [4.69, 9.17) is 0 Å². The molecule has 1 amide bonds. The number of hydrogen-bond acceptors (Lipinski definition) is 3. The molecule has 2 aliphatic rings. The van der Waals surface area contributed by atoms with Gasteiger partial charge in [-0.2, -0.15) is 4.31 Å². The third-order valence-electron chi connectivity index (χ3n) is 4.81. The van der Waals surface area contributed by atoms with Crippen LogP contribution in [0.25, 0.3) is 0 Å². The maximum atomic E-state index is 12.8. The minimum atomic E-state index is -3.26. The van der Waals surface area contributed by atoms with E-state index < -0.39 is 10.0 Å². The van der Waals surface area contributed by atoms with Gasteiger partial charge in [0.05, 0.1) is 5.25 Å². The molecule has 0 aliphatic carbocycles. The molecule has 0 radical (unpaired) electrons. The summed E-state index contributed by atoms with van der Waals surface area (Å²) in [4.78, 5) is 13.3. The average Bonchev–Trinajstić information content (AvgIpc) is 2.65. The van der Waals surface area contributed by atoms with Gasteiger partial charge >= 0.3 is 0 Å². The Hall–Kier alpha value is -1.40. The summed E-state index contributed by atoms with van der Waals surface area (Å²) >= 11 is 0. The molecule has 2 fully saturated rings. The van der Waals surface area contributed by atoms with Crippen molar-refractivity contribution in [3.63, 3.8) is 0 Å². The second kappa shape index (κ2) is 6.01. The first-order valence-corrected chi connectivity index (χ1v) is 9.27. The van der Waals surface area contributed by atoms with Gasteiger partial charge in [-0.15, -0.1) is 0 Å². The lowest BCUT2D eigenvalue weighted by Gasteiger charge is -2.20. The number of carbonyl (C=O) groups excluding carboxylic acids is 1. The Morgan fingerprint density at radius 1 is 1.18 bits per heavy atom. The van der Waals surface area contributed by atoms with Gasteiger partial charge in [0.1, 0.15) is 0 Å². The van der Waals surface area contributed by atoms with Crippen molar-refractivity contribution in [2.75, 3.05) is 19.6 Å². The van der Waals surface area contributed by atoms with Crippen LogP contribution in [0, 0.1) is 5.92 Å². The summed E-state index contributed by atoms with van der Waals surface area (Å²) in [5.41, 5.74) is 1.02. The second-order valence-corrected chi connectivity index (χ2v) is 8.36. The Kier molecular flexibility index (Phi) is 4.23. The Bertz CT molecular complexity index is 645. The van der Waals surface area contributed by atoms with Crippen LogP contribution in [0.15, 0.2) is 30.3 Å². The predicted molar refractivity (Wildman–Crippen MR) is 84.5 cm³/mol. The quantitative estimate of drug-likeness (QED) is 0.828. The highest BCUT2D eigenvalue weighted by molar-refractivity contribution is 7.90. The van der Waals surface area contributed by atoms with Crippen molar-refractivity contribution < 1.29 is 13.2 Å². The zero-order valence-corrected chi connectivity index (χ0v) is 13.6. The van der Waals surface area contributed by atoms with E-state index in [0.717, 1.165) is 12.0 Å². The van der Waals surface area contributed by atoms with Crippen LogP contribution in [0.2, 0.25) is 0 Å². The van der Waals surface area contributed by atoms with Crippen LogP contribution >= 0.6 is 0 Å². The van der Waals surface area contributed by atoms with Gasteiger partial charge in [-0.05, 0) is 24.3 Å². The fourth-order valence-electron chi connectivity index (χ4n) is 3.55. The summed E-state index contributed by atoms with van der Waals surface area (Å²) in [6, 6.07) is 9.71. The van der Waals surface area contributed by atoms with Crippen molar-refractivity contribution in [2.24, 2.45) is 5.92 Å². The molecule has 22 heavy (non-hydrogen) atoms. The number of rotatable bonds is 2. The van der Waals surface area contributed by atoms with E-state index in [-0.39, 0.29) is 17.1 Å². The fraction of sp³-hybridized carbons (Fsp3) is 0.562. The lowest BCUT2D eigenvalue weighted by atomic mass is 10.0. The van der Waals surface area contributed by atoms with Crippen molar-refractivity contribution in [3.05, 3.63) is 35.9 Å². The van der Waals surface area contributed by atoms with E-state index in [0.29, 0.717) is 32.6 Å². The zero-order valence-electron chi connectivity index (χ0n) is 12.8. The Morgan fingerprint density at radius 3 is 2.55 bits per heavy atom. The molecule has 1 aromatic rings. The van der Waals surface area contributed by atoms with Crippen LogP contribution in [-0.4, -0.2) is 48.4 Å². The van der Waals surface area contributed by atoms with E-state index in [9.17, 15) is 13.2 Å². The molecule has 0 saturated carbocycles. The fourth-order valence-corrected chi connectivity index (χ4v) is 5.78. The number of hydrogen-bond donors (Lipinski definition) is 0. The van der Waals surface area contributed by atoms with Crippen molar-refractivity contribution in [2.45, 2.75) is 31.6 Å². The molecule has 1 aromatic carbocycles.